The molecule has 0 saturated heterocycles. The van der Waals surface area contributed by atoms with E-state index in [1.165, 1.54) is 0 Å². The van der Waals surface area contributed by atoms with Crippen LogP contribution in [-0.4, -0.2) is 20.4 Å². The Hall–Kier alpha value is -0.480. The second-order valence-corrected chi connectivity index (χ2v) is 5.68. The first kappa shape index (κ1) is 10.6. The van der Waals surface area contributed by atoms with Gasteiger partial charge in [-0.2, -0.15) is 0 Å². The van der Waals surface area contributed by atoms with E-state index in [0.717, 1.165) is 9.79 Å². The molecule has 2 nitrogen and oxygen atoms in total. The van der Waals surface area contributed by atoms with Crippen LogP contribution in [0.4, 0.5) is 0 Å². The van der Waals surface area contributed by atoms with E-state index >= 15 is 0 Å². The predicted octanol–water partition coefficient (Wildman–Crippen LogP) is 1.55. The van der Waals surface area contributed by atoms with Crippen LogP contribution in [0.5, 0.6) is 0 Å². The van der Waals surface area contributed by atoms with Crippen LogP contribution < -0.4 is 0 Å². The Balaban J connectivity index is 3.05. The molecule has 0 N–H and O–H groups in total. The van der Waals surface area contributed by atoms with Crippen LogP contribution in [-0.2, 0) is 21.6 Å². The third-order valence-electron chi connectivity index (χ3n) is 1.66. The SMILES string of the molecule is CCS(=O)c1cccc(S(C)=O)c1. The average molecular weight is 216 g/mol. The number of hydrogen-bond acceptors (Lipinski definition) is 2. The molecule has 0 amide bonds. The fraction of sp³-hybridized carbons (Fsp3) is 0.333. The summed E-state index contributed by atoms with van der Waals surface area (Å²) in [5.74, 6) is 0.597. The van der Waals surface area contributed by atoms with E-state index < -0.39 is 21.6 Å². The second kappa shape index (κ2) is 4.67. The van der Waals surface area contributed by atoms with Crippen molar-refractivity contribution >= 4 is 21.6 Å². The summed E-state index contributed by atoms with van der Waals surface area (Å²) in [5.41, 5.74) is 0. The van der Waals surface area contributed by atoms with Crippen molar-refractivity contribution in [2.45, 2.75) is 16.7 Å². The van der Waals surface area contributed by atoms with Gasteiger partial charge in [-0.05, 0) is 18.2 Å². The Bertz CT molecular complexity index is 347. The summed E-state index contributed by atoms with van der Waals surface area (Å²) >= 11 is 0. The van der Waals surface area contributed by atoms with Gasteiger partial charge in [0.05, 0.1) is 10.8 Å². The lowest BCUT2D eigenvalue weighted by atomic mass is 10.4. The first-order chi connectivity index (χ1) is 6.15. The minimum Gasteiger partial charge on any atom is -0.255 e. The van der Waals surface area contributed by atoms with Gasteiger partial charge in [-0.3, -0.25) is 8.42 Å². The molecule has 0 saturated carbocycles. The lowest BCUT2D eigenvalue weighted by molar-refractivity contribution is 0.683. The Labute approximate surface area is 83.3 Å². The standard InChI is InChI=1S/C9H12O2S2/c1-3-13(11)9-6-4-5-8(7-9)12(2)10/h4-7H,3H2,1-2H3. The molecule has 0 aliphatic carbocycles. The summed E-state index contributed by atoms with van der Waals surface area (Å²) in [6.07, 6.45) is 1.62. The number of rotatable bonds is 3. The summed E-state index contributed by atoms with van der Waals surface area (Å²) < 4.78 is 22.5. The van der Waals surface area contributed by atoms with Gasteiger partial charge in [-0.1, -0.05) is 13.0 Å². The average Bonchev–Trinajstić information content (AvgIpc) is 2.17. The molecule has 0 radical (unpaired) electrons. The van der Waals surface area contributed by atoms with Crippen LogP contribution in [0, 0.1) is 0 Å². The van der Waals surface area contributed by atoms with Gasteiger partial charge in [0.25, 0.3) is 0 Å². The van der Waals surface area contributed by atoms with Crippen LogP contribution in [0.1, 0.15) is 6.92 Å². The highest BCUT2D eigenvalue weighted by atomic mass is 32.2. The maximum absolute atomic E-state index is 11.4. The van der Waals surface area contributed by atoms with E-state index in [1.54, 1.807) is 30.5 Å². The molecule has 1 aromatic carbocycles. The van der Waals surface area contributed by atoms with E-state index in [2.05, 4.69) is 0 Å². The normalized spacial score (nSPS) is 15.2. The first-order valence-electron chi connectivity index (χ1n) is 3.97. The summed E-state index contributed by atoms with van der Waals surface area (Å²) in [7, 11) is -1.94. The van der Waals surface area contributed by atoms with Crippen LogP contribution in [0.25, 0.3) is 0 Å². The minimum atomic E-state index is -0.992. The molecular formula is C9H12O2S2. The van der Waals surface area contributed by atoms with Crippen molar-refractivity contribution in [3.8, 4) is 0 Å². The van der Waals surface area contributed by atoms with Gasteiger partial charge >= 0.3 is 0 Å². The number of hydrogen-bond donors (Lipinski definition) is 0. The van der Waals surface area contributed by atoms with Crippen LogP contribution in [0.15, 0.2) is 34.1 Å². The summed E-state index contributed by atoms with van der Waals surface area (Å²) in [5, 5.41) is 0. The Kier molecular flexibility index (Phi) is 3.81. The summed E-state index contributed by atoms with van der Waals surface area (Å²) in [6, 6.07) is 7.12. The van der Waals surface area contributed by atoms with Gasteiger partial charge < -0.3 is 0 Å². The molecule has 0 heterocycles. The van der Waals surface area contributed by atoms with Crippen LogP contribution in [0.3, 0.4) is 0 Å². The molecule has 0 fully saturated rings. The zero-order chi connectivity index (χ0) is 9.84. The van der Waals surface area contributed by atoms with Crippen molar-refractivity contribution in [2.75, 3.05) is 12.0 Å². The lowest BCUT2D eigenvalue weighted by Gasteiger charge is -2.00. The monoisotopic (exact) mass is 216 g/mol. The van der Waals surface area contributed by atoms with Gasteiger partial charge in [0.1, 0.15) is 0 Å². The molecule has 0 aromatic heterocycles. The Morgan fingerprint density at radius 2 is 1.85 bits per heavy atom. The van der Waals surface area contributed by atoms with E-state index in [9.17, 15) is 8.42 Å². The van der Waals surface area contributed by atoms with E-state index in [0.29, 0.717) is 5.75 Å². The van der Waals surface area contributed by atoms with Gasteiger partial charge in [0.15, 0.2) is 0 Å². The van der Waals surface area contributed by atoms with Gasteiger partial charge in [-0.15, -0.1) is 0 Å². The zero-order valence-electron chi connectivity index (χ0n) is 7.65. The van der Waals surface area contributed by atoms with Crippen molar-refractivity contribution in [3.05, 3.63) is 24.3 Å². The quantitative estimate of drug-likeness (QED) is 0.768. The van der Waals surface area contributed by atoms with E-state index in [-0.39, 0.29) is 0 Å². The van der Waals surface area contributed by atoms with Crippen molar-refractivity contribution < 1.29 is 8.42 Å². The minimum absolute atomic E-state index is 0.597. The Morgan fingerprint density at radius 3 is 2.38 bits per heavy atom. The molecule has 13 heavy (non-hydrogen) atoms. The molecule has 0 bridgehead atoms. The highest BCUT2D eigenvalue weighted by Gasteiger charge is 2.03. The molecule has 2 unspecified atom stereocenters. The largest absolute Gasteiger partial charge is 0.255 e. The van der Waals surface area contributed by atoms with Crippen LogP contribution in [0.2, 0.25) is 0 Å². The van der Waals surface area contributed by atoms with Gasteiger partial charge in [0.2, 0.25) is 0 Å². The highest BCUT2D eigenvalue weighted by Crippen LogP contribution is 2.12. The molecule has 72 valence electrons. The fourth-order valence-electron chi connectivity index (χ4n) is 0.961. The van der Waals surface area contributed by atoms with Crippen molar-refractivity contribution in [1.29, 1.82) is 0 Å². The highest BCUT2D eigenvalue weighted by molar-refractivity contribution is 7.85. The molecule has 2 atom stereocenters. The molecular weight excluding hydrogens is 204 g/mol. The van der Waals surface area contributed by atoms with Crippen molar-refractivity contribution in [1.82, 2.24) is 0 Å². The number of benzene rings is 1. The zero-order valence-corrected chi connectivity index (χ0v) is 9.28. The lowest BCUT2D eigenvalue weighted by Crippen LogP contribution is -1.95. The molecule has 0 aliphatic rings. The molecule has 0 aliphatic heterocycles. The molecule has 1 aromatic rings. The van der Waals surface area contributed by atoms with Gasteiger partial charge in [0, 0.05) is 32.6 Å². The third kappa shape index (κ3) is 2.74. The molecule has 0 spiro atoms. The van der Waals surface area contributed by atoms with Crippen LogP contribution >= 0.6 is 0 Å². The molecule has 4 heteroatoms. The summed E-state index contributed by atoms with van der Waals surface area (Å²) in [4.78, 5) is 1.49. The summed E-state index contributed by atoms with van der Waals surface area (Å²) in [6.45, 7) is 1.87. The Morgan fingerprint density at radius 1 is 1.23 bits per heavy atom. The predicted molar refractivity (Wildman–Crippen MR) is 55.7 cm³/mol. The smallest absolute Gasteiger partial charge is 0.0527 e. The third-order valence-corrected chi connectivity index (χ3v) is 3.88. The second-order valence-electron chi connectivity index (χ2n) is 2.56. The van der Waals surface area contributed by atoms with E-state index in [4.69, 9.17) is 0 Å². The van der Waals surface area contributed by atoms with E-state index in [1.807, 2.05) is 6.92 Å². The fourth-order valence-corrected chi connectivity index (χ4v) is 2.42. The topological polar surface area (TPSA) is 34.1 Å². The maximum Gasteiger partial charge on any atom is 0.0527 e. The van der Waals surface area contributed by atoms with Gasteiger partial charge in [-0.25, -0.2) is 0 Å². The van der Waals surface area contributed by atoms with Crippen molar-refractivity contribution in [3.63, 3.8) is 0 Å². The maximum atomic E-state index is 11.4. The molecule has 1 rings (SSSR count). The van der Waals surface area contributed by atoms with Crippen molar-refractivity contribution in [2.24, 2.45) is 0 Å². The first-order valence-corrected chi connectivity index (χ1v) is 6.84.